The Labute approximate surface area is 112 Å². The minimum atomic E-state index is -5.76. The zero-order valence-electron chi connectivity index (χ0n) is 9.20. The molecule has 19 heavy (non-hydrogen) atoms. The molecule has 9 heteroatoms. The molecule has 0 radical (unpaired) electrons. The van der Waals surface area contributed by atoms with Gasteiger partial charge in [0.25, 0.3) is 0 Å². The standard InChI is InChI=1S/C10H8BrF6NO/c11-6-1-5(3-18)2-7(12)8(6)19-4-9(13,14)10(15,16)17/h1-2H,3-4,18H2. The Bertz CT molecular complexity index is 439. The van der Waals surface area contributed by atoms with E-state index in [1.165, 1.54) is 6.07 Å². The van der Waals surface area contributed by atoms with Crippen molar-refractivity contribution in [1.29, 1.82) is 0 Å². The average Bonchev–Trinajstić information content (AvgIpc) is 2.25. The second kappa shape index (κ2) is 5.58. The molecule has 0 unspecified atom stereocenters. The van der Waals surface area contributed by atoms with Gasteiger partial charge in [-0.15, -0.1) is 0 Å². The van der Waals surface area contributed by atoms with Crippen LogP contribution in [-0.2, 0) is 6.54 Å². The zero-order chi connectivity index (χ0) is 14.8. The molecule has 0 saturated carbocycles. The van der Waals surface area contributed by atoms with Gasteiger partial charge in [0, 0.05) is 6.54 Å². The van der Waals surface area contributed by atoms with E-state index in [-0.39, 0.29) is 11.0 Å². The maximum absolute atomic E-state index is 13.4. The Balaban J connectivity index is 2.90. The van der Waals surface area contributed by atoms with Crippen molar-refractivity contribution in [2.24, 2.45) is 5.73 Å². The fourth-order valence-electron chi connectivity index (χ4n) is 1.11. The summed E-state index contributed by atoms with van der Waals surface area (Å²) in [6, 6.07) is 2.16. The van der Waals surface area contributed by atoms with E-state index in [4.69, 9.17) is 5.73 Å². The maximum Gasteiger partial charge on any atom is 0.456 e. The molecule has 0 aliphatic heterocycles. The molecule has 0 aliphatic carbocycles. The monoisotopic (exact) mass is 351 g/mol. The smallest absolute Gasteiger partial charge is 0.456 e. The van der Waals surface area contributed by atoms with E-state index < -0.39 is 30.3 Å². The van der Waals surface area contributed by atoms with Crippen molar-refractivity contribution in [2.75, 3.05) is 6.61 Å². The first-order valence-corrected chi connectivity index (χ1v) is 5.63. The number of nitrogens with two attached hydrogens (primary N) is 1. The fraction of sp³-hybridized carbons (Fsp3) is 0.400. The van der Waals surface area contributed by atoms with Crippen LogP contribution in [-0.4, -0.2) is 18.7 Å². The molecular weight excluding hydrogens is 344 g/mol. The van der Waals surface area contributed by atoms with E-state index in [0.29, 0.717) is 5.56 Å². The van der Waals surface area contributed by atoms with Gasteiger partial charge in [0.05, 0.1) is 4.47 Å². The highest BCUT2D eigenvalue weighted by Gasteiger charge is 2.58. The third kappa shape index (κ3) is 3.75. The summed E-state index contributed by atoms with van der Waals surface area (Å²) in [6.45, 7) is -2.03. The molecule has 0 amide bonds. The molecular formula is C10H8BrF6NO. The Morgan fingerprint density at radius 3 is 2.16 bits per heavy atom. The van der Waals surface area contributed by atoms with E-state index in [1.54, 1.807) is 0 Å². The highest BCUT2D eigenvalue weighted by molar-refractivity contribution is 9.10. The molecule has 1 aromatic carbocycles. The van der Waals surface area contributed by atoms with Gasteiger partial charge in [-0.3, -0.25) is 0 Å². The minimum absolute atomic E-state index is 0.0193. The van der Waals surface area contributed by atoms with E-state index in [0.717, 1.165) is 6.07 Å². The predicted molar refractivity (Wildman–Crippen MR) is 58.5 cm³/mol. The van der Waals surface area contributed by atoms with Crippen LogP contribution in [0.3, 0.4) is 0 Å². The molecule has 0 saturated heterocycles. The number of rotatable bonds is 4. The molecule has 2 N–H and O–H groups in total. The van der Waals surface area contributed by atoms with Gasteiger partial charge < -0.3 is 10.5 Å². The van der Waals surface area contributed by atoms with Crippen LogP contribution in [0.2, 0.25) is 0 Å². The van der Waals surface area contributed by atoms with Crippen molar-refractivity contribution in [3.05, 3.63) is 28.0 Å². The summed E-state index contributed by atoms with van der Waals surface area (Å²) in [5.74, 6) is -6.86. The van der Waals surface area contributed by atoms with Crippen LogP contribution in [0.4, 0.5) is 26.3 Å². The van der Waals surface area contributed by atoms with Gasteiger partial charge in [-0.25, -0.2) is 4.39 Å². The summed E-state index contributed by atoms with van der Waals surface area (Å²) in [7, 11) is 0. The second-order valence-electron chi connectivity index (χ2n) is 3.58. The summed E-state index contributed by atoms with van der Waals surface area (Å²) in [4.78, 5) is 0. The molecule has 0 spiro atoms. The molecule has 2 nitrogen and oxygen atoms in total. The summed E-state index contributed by atoms with van der Waals surface area (Å²) in [5.41, 5.74) is 5.57. The van der Waals surface area contributed by atoms with Crippen LogP contribution in [0.5, 0.6) is 5.75 Å². The molecule has 0 fully saturated rings. The molecule has 0 aromatic heterocycles. The lowest BCUT2D eigenvalue weighted by atomic mass is 10.2. The van der Waals surface area contributed by atoms with Crippen LogP contribution in [0.25, 0.3) is 0 Å². The SMILES string of the molecule is NCc1cc(F)c(OCC(F)(F)C(F)(F)F)c(Br)c1. The number of ether oxygens (including phenoxy) is 1. The van der Waals surface area contributed by atoms with Gasteiger partial charge in [0.2, 0.25) is 0 Å². The normalized spacial score (nSPS) is 12.6. The van der Waals surface area contributed by atoms with Gasteiger partial charge in [-0.05, 0) is 33.6 Å². The van der Waals surface area contributed by atoms with Crippen molar-refractivity contribution >= 4 is 15.9 Å². The lowest BCUT2D eigenvalue weighted by molar-refractivity contribution is -0.290. The van der Waals surface area contributed by atoms with Crippen molar-refractivity contribution in [2.45, 2.75) is 18.6 Å². The minimum Gasteiger partial charge on any atom is -0.483 e. The summed E-state index contributed by atoms with van der Waals surface area (Å²) in [6.07, 6.45) is -5.76. The summed E-state index contributed by atoms with van der Waals surface area (Å²) in [5, 5.41) is 0. The van der Waals surface area contributed by atoms with E-state index in [2.05, 4.69) is 20.7 Å². The average molecular weight is 352 g/mol. The Morgan fingerprint density at radius 2 is 1.74 bits per heavy atom. The quantitative estimate of drug-likeness (QED) is 0.841. The van der Waals surface area contributed by atoms with E-state index >= 15 is 0 Å². The molecule has 0 bridgehead atoms. The van der Waals surface area contributed by atoms with E-state index in [1.807, 2.05) is 0 Å². The molecule has 108 valence electrons. The van der Waals surface area contributed by atoms with Crippen LogP contribution in [0, 0.1) is 5.82 Å². The van der Waals surface area contributed by atoms with Crippen molar-refractivity contribution in [3.8, 4) is 5.75 Å². The van der Waals surface area contributed by atoms with Gasteiger partial charge in [0.1, 0.15) is 0 Å². The number of hydrogen-bond donors (Lipinski definition) is 1. The number of benzene rings is 1. The van der Waals surface area contributed by atoms with Gasteiger partial charge in [0.15, 0.2) is 18.2 Å². The van der Waals surface area contributed by atoms with Crippen molar-refractivity contribution in [1.82, 2.24) is 0 Å². The highest BCUT2D eigenvalue weighted by atomic mass is 79.9. The first kappa shape index (κ1) is 16.1. The van der Waals surface area contributed by atoms with Crippen LogP contribution < -0.4 is 10.5 Å². The molecule has 1 rings (SSSR count). The van der Waals surface area contributed by atoms with Crippen LogP contribution >= 0.6 is 15.9 Å². The Kier molecular flexibility index (Phi) is 4.72. The third-order valence-corrected chi connectivity index (χ3v) is 2.70. The first-order chi connectivity index (χ1) is 8.58. The van der Waals surface area contributed by atoms with E-state index in [9.17, 15) is 26.3 Å². The third-order valence-electron chi connectivity index (χ3n) is 2.11. The van der Waals surface area contributed by atoms with Gasteiger partial charge in [-0.2, -0.15) is 22.0 Å². The first-order valence-electron chi connectivity index (χ1n) is 4.84. The van der Waals surface area contributed by atoms with Crippen molar-refractivity contribution < 1.29 is 31.1 Å². The molecule has 0 atom stereocenters. The highest BCUT2D eigenvalue weighted by Crippen LogP contribution is 2.37. The molecule has 1 aromatic rings. The Hall–Kier alpha value is -0.960. The lowest BCUT2D eigenvalue weighted by Crippen LogP contribution is -2.41. The summed E-state index contributed by atoms with van der Waals surface area (Å²) < 4.78 is 78.5. The maximum atomic E-state index is 13.4. The summed E-state index contributed by atoms with van der Waals surface area (Å²) >= 11 is 2.81. The topological polar surface area (TPSA) is 35.2 Å². The number of alkyl halides is 5. The fourth-order valence-corrected chi connectivity index (χ4v) is 1.71. The molecule has 0 aliphatic rings. The van der Waals surface area contributed by atoms with Gasteiger partial charge in [-0.1, -0.05) is 0 Å². The largest absolute Gasteiger partial charge is 0.483 e. The Morgan fingerprint density at radius 1 is 1.16 bits per heavy atom. The van der Waals surface area contributed by atoms with Crippen LogP contribution in [0.1, 0.15) is 5.56 Å². The number of halogens is 7. The second-order valence-corrected chi connectivity index (χ2v) is 4.44. The predicted octanol–water partition coefficient (Wildman–Crippen LogP) is 3.62. The lowest BCUT2D eigenvalue weighted by Gasteiger charge is -2.20. The molecule has 0 heterocycles. The zero-order valence-corrected chi connectivity index (χ0v) is 10.8. The van der Waals surface area contributed by atoms with Crippen molar-refractivity contribution in [3.63, 3.8) is 0 Å². The van der Waals surface area contributed by atoms with Gasteiger partial charge >= 0.3 is 12.1 Å². The van der Waals surface area contributed by atoms with Crippen LogP contribution in [0.15, 0.2) is 16.6 Å². The number of hydrogen-bond acceptors (Lipinski definition) is 2.